The molecule has 0 aromatic carbocycles. The van der Waals surface area contributed by atoms with Gasteiger partial charge in [0.25, 0.3) is 0 Å². The first-order valence-corrected chi connectivity index (χ1v) is 12.5. The second-order valence-electron chi connectivity index (χ2n) is 6.80. The van der Waals surface area contributed by atoms with Crippen molar-refractivity contribution in [1.29, 1.82) is 0 Å². The molecule has 0 radical (unpaired) electrons. The molecular formula is C24H37KO13S. The van der Waals surface area contributed by atoms with E-state index in [0.717, 1.165) is 12.2 Å². The predicted octanol–water partition coefficient (Wildman–Crippen LogP) is -1.74. The molecule has 0 aliphatic carbocycles. The molecule has 0 aromatic heterocycles. The molecule has 0 spiro atoms. The normalized spacial score (nSPS) is 9.44. The maximum atomic E-state index is 10.8. The van der Waals surface area contributed by atoms with Gasteiger partial charge in [0.15, 0.2) is 0 Å². The molecule has 0 atom stereocenters. The van der Waals surface area contributed by atoms with Crippen molar-refractivity contribution in [3.8, 4) is 0 Å². The van der Waals surface area contributed by atoms with E-state index in [1.54, 1.807) is 14.0 Å². The maximum Gasteiger partial charge on any atom is 1.00 e. The summed E-state index contributed by atoms with van der Waals surface area (Å²) in [6.45, 7) is 17.9. The standard InChI is InChI=1S/C9H16O4.C8H10O4.C7H12O5S.K/c1-8(2)9(10)13-7-6-12-5-4-11-3;1-3-7(9)11-5-6-12-8(10)4-2;1-6(2)7(8)12-4-3-5-13(9,10)11;/h1,4-7H2,2-3H3;3-4H,1-2,5-6H2;1,3-5H2,2H3,(H,9,10,11);/q;;;+1/p-1. The third kappa shape index (κ3) is 38.5. The van der Waals surface area contributed by atoms with Gasteiger partial charge in [-0.3, -0.25) is 0 Å². The van der Waals surface area contributed by atoms with Crippen molar-refractivity contribution in [2.75, 3.05) is 59.1 Å². The van der Waals surface area contributed by atoms with E-state index in [4.69, 9.17) is 14.2 Å². The molecule has 0 aromatic rings. The fourth-order valence-corrected chi connectivity index (χ4v) is 1.96. The van der Waals surface area contributed by atoms with E-state index >= 15 is 0 Å². The van der Waals surface area contributed by atoms with Crippen molar-refractivity contribution in [3.05, 3.63) is 49.6 Å². The first-order chi connectivity index (χ1) is 17.7. The SMILES string of the molecule is C=C(C)C(=O)OCCCS(=O)(=O)[O-].C=C(C)C(=O)OCCOCCOC.C=CC(=O)OCCOC(=O)C=C.[K+]. The van der Waals surface area contributed by atoms with Gasteiger partial charge in [0, 0.05) is 36.2 Å². The molecule has 0 rings (SSSR count). The molecule has 0 saturated heterocycles. The van der Waals surface area contributed by atoms with Crippen LogP contribution in [0.5, 0.6) is 0 Å². The molecule has 0 amide bonds. The van der Waals surface area contributed by atoms with E-state index < -0.39 is 33.8 Å². The Hall–Kier alpha value is -1.69. The fraction of sp³-hybridized carbons (Fsp3) is 0.500. The quantitative estimate of drug-likeness (QED) is 0.0456. The zero-order chi connectivity index (χ0) is 30.0. The minimum absolute atomic E-state index is 0. The smallest absolute Gasteiger partial charge is 0.748 e. The molecule has 13 nitrogen and oxygen atoms in total. The van der Waals surface area contributed by atoms with Crippen LogP contribution in [0.25, 0.3) is 0 Å². The Labute approximate surface area is 272 Å². The van der Waals surface area contributed by atoms with E-state index in [1.165, 1.54) is 6.92 Å². The van der Waals surface area contributed by atoms with Crippen LogP contribution in [0.2, 0.25) is 0 Å². The maximum absolute atomic E-state index is 10.8. The second kappa shape index (κ2) is 29.3. The summed E-state index contributed by atoms with van der Waals surface area (Å²) >= 11 is 0. The van der Waals surface area contributed by atoms with E-state index in [2.05, 4.69) is 40.5 Å². The molecule has 15 heteroatoms. The number of rotatable bonds is 17. The molecule has 0 N–H and O–H groups in total. The van der Waals surface area contributed by atoms with Crippen molar-refractivity contribution in [2.45, 2.75) is 20.3 Å². The molecule has 0 heterocycles. The summed E-state index contributed by atoms with van der Waals surface area (Å²) in [6, 6.07) is 0. The second-order valence-corrected chi connectivity index (χ2v) is 8.32. The third-order valence-electron chi connectivity index (χ3n) is 3.27. The summed E-state index contributed by atoms with van der Waals surface area (Å²) in [7, 11) is -2.60. The first kappa shape index (κ1) is 44.3. The molecule has 218 valence electrons. The average Bonchev–Trinajstić information content (AvgIpc) is 2.85. The Morgan fingerprint density at radius 2 is 1.10 bits per heavy atom. The summed E-state index contributed by atoms with van der Waals surface area (Å²) in [5.41, 5.74) is 0.641. The average molecular weight is 605 g/mol. The van der Waals surface area contributed by atoms with Crippen molar-refractivity contribution in [3.63, 3.8) is 0 Å². The Morgan fingerprint density at radius 1 is 0.718 bits per heavy atom. The Balaban J connectivity index is -0.000000233. The van der Waals surface area contributed by atoms with E-state index in [1.807, 2.05) is 0 Å². The largest absolute Gasteiger partial charge is 1.00 e. The van der Waals surface area contributed by atoms with Gasteiger partial charge in [-0.25, -0.2) is 27.6 Å². The minimum atomic E-state index is -4.21. The molecule has 0 bridgehead atoms. The Morgan fingerprint density at radius 3 is 1.46 bits per heavy atom. The van der Waals surface area contributed by atoms with Crippen LogP contribution < -0.4 is 51.4 Å². The number of methoxy groups -OCH3 is 1. The fourth-order valence-electron chi connectivity index (χ4n) is 1.49. The minimum Gasteiger partial charge on any atom is -0.748 e. The van der Waals surface area contributed by atoms with Crippen molar-refractivity contribution in [2.24, 2.45) is 0 Å². The monoisotopic (exact) mass is 604 g/mol. The number of carbonyl (C=O) groups excluding carboxylic acids is 4. The van der Waals surface area contributed by atoms with Crippen LogP contribution >= 0.6 is 0 Å². The van der Waals surface area contributed by atoms with Gasteiger partial charge >= 0.3 is 75.3 Å². The van der Waals surface area contributed by atoms with E-state index in [9.17, 15) is 32.1 Å². The van der Waals surface area contributed by atoms with Gasteiger partial charge in [-0.2, -0.15) is 0 Å². The van der Waals surface area contributed by atoms with E-state index in [0.29, 0.717) is 25.4 Å². The van der Waals surface area contributed by atoms with Gasteiger partial charge in [0.2, 0.25) is 0 Å². The van der Waals surface area contributed by atoms with Crippen LogP contribution in [0, 0.1) is 0 Å². The summed E-state index contributed by atoms with van der Waals surface area (Å²) in [5, 5.41) is 0. The van der Waals surface area contributed by atoms with Crippen LogP contribution in [-0.4, -0.2) is 96.0 Å². The van der Waals surface area contributed by atoms with Crippen molar-refractivity contribution < 1.29 is 112 Å². The Kier molecular flexibility index (Phi) is 33.3. The summed E-state index contributed by atoms with van der Waals surface area (Å²) in [6.07, 6.45) is 2.09. The zero-order valence-electron chi connectivity index (χ0n) is 23.1. The van der Waals surface area contributed by atoms with Gasteiger partial charge in [-0.05, 0) is 20.3 Å². The number of hydrogen-bond acceptors (Lipinski definition) is 13. The summed E-state index contributed by atoms with van der Waals surface area (Å²) in [5.74, 6) is -2.55. The van der Waals surface area contributed by atoms with Gasteiger partial charge in [-0.15, -0.1) is 0 Å². The molecule has 0 fully saturated rings. The van der Waals surface area contributed by atoms with E-state index in [-0.39, 0.29) is 95.8 Å². The van der Waals surface area contributed by atoms with Gasteiger partial charge in [-0.1, -0.05) is 26.3 Å². The van der Waals surface area contributed by atoms with Crippen LogP contribution in [-0.2, 0) is 57.7 Å². The van der Waals surface area contributed by atoms with Crippen molar-refractivity contribution >= 4 is 34.0 Å². The third-order valence-corrected chi connectivity index (χ3v) is 4.06. The van der Waals surface area contributed by atoms with Crippen molar-refractivity contribution in [1.82, 2.24) is 0 Å². The molecular weight excluding hydrogens is 567 g/mol. The number of ether oxygens (including phenoxy) is 6. The molecule has 0 aliphatic heterocycles. The van der Waals surface area contributed by atoms with Crippen LogP contribution in [0.3, 0.4) is 0 Å². The van der Waals surface area contributed by atoms with Crippen LogP contribution in [0.15, 0.2) is 49.6 Å². The number of carbonyl (C=O) groups is 4. The zero-order valence-corrected chi connectivity index (χ0v) is 27.0. The van der Waals surface area contributed by atoms with Gasteiger partial charge in [0.1, 0.15) is 19.8 Å². The topological polar surface area (TPSA) is 181 Å². The summed E-state index contributed by atoms with van der Waals surface area (Å²) in [4.78, 5) is 42.4. The van der Waals surface area contributed by atoms with Gasteiger partial charge in [0.05, 0.1) is 36.5 Å². The van der Waals surface area contributed by atoms with Crippen LogP contribution in [0.1, 0.15) is 20.3 Å². The van der Waals surface area contributed by atoms with Crippen LogP contribution in [0.4, 0.5) is 0 Å². The molecule has 0 saturated carbocycles. The first-order valence-electron chi connectivity index (χ1n) is 11.0. The summed E-state index contributed by atoms with van der Waals surface area (Å²) < 4.78 is 58.5. The molecule has 39 heavy (non-hydrogen) atoms. The predicted molar refractivity (Wildman–Crippen MR) is 136 cm³/mol. The molecule has 0 aliphatic rings. The Bertz CT molecular complexity index is 860. The number of hydrogen-bond donors (Lipinski definition) is 0. The number of esters is 4. The van der Waals surface area contributed by atoms with Gasteiger partial charge < -0.3 is 33.0 Å². The molecule has 0 unspecified atom stereocenters.